The van der Waals surface area contributed by atoms with E-state index in [-0.39, 0.29) is 31.3 Å². The number of benzene rings is 1. The number of amides is 1. The first-order valence-electron chi connectivity index (χ1n) is 5.98. The van der Waals surface area contributed by atoms with Crippen LogP contribution in [0.25, 0.3) is 0 Å². The SMILES string of the molecule is CN(F)Cc1ccc(C(=N)NC(=O)CCCO)cc1. The van der Waals surface area contributed by atoms with Crippen molar-refractivity contribution in [1.29, 1.82) is 5.41 Å². The first-order valence-corrected chi connectivity index (χ1v) is 5.98. The number of halogens is 1. The van der Waals surface area contributed by atoms with E-state index < -0.39 is 0 Å². The molecule has 0 saturated carbocycles. The molecule has 0 bridgehead atoms. The van der Waals surface area contributed by atoms with Gasteiger partial charge in [-0.2, -0.15) is 0 Å². The number of amidine groups is 1. The summed E-state index contributed by atoms with van der Waals surface area (Å²) in [6.07, 6.45) is 0.560. The van der Waals surface area contributed by atoms with Crippen molar-refractivity contribution in [3.8, 4) is 0 Å². The predicted octanol–water partition coefficient (Wildman–Crippen LogP) is 1.22. The Bertz CT molecular complexity index is 432. The molecule has 0 atom stereocenters. The Balaban J connectivity index is 2.55. The summed E-state index contributed by atoms with van der Waals surface area (Å²) < 4.78 is 12.7. The van der Waals surface area contributed by atoms with Crippen LogP contribution in [0.3, 0.4) is 0 Å². The van der Waals surface area contributed by atoms with Crippen LogP contribution in [0.15, 0.2) is 24.3 Å². The monoisotopic (exact) mass is 267 g/mol. The van der Waals surface area contributed by atoms with Crippen molar-refractivity contribution in [2.45, 2.75) is 19.4 Å². The molecule has 1 aromatic carbocycles. The summed E-state index contributed by atoms with van der Waals surface area (Å²) in [7, 11) is 1.33. The number of hydrogen-bond acceptors (Lipinski definition) is 4. The van der Waals surface area contributed by atoms with E-state index in [2.05, 4.69) is 5.32 Å². The van der Waals surface area contributed by atoms with Gasteiger partial charge in [0.05, 0.1) is 6.54 Å². The van der Waals surface area contributed by atoms with Gasteiger partial charge in [0.25, 0.3) is 0 Å². The van der Waals surface area contributed by atoms with Crippen molar-refractivity contribution >= 4 is 11.7 Å². The Morgan fingerprint density at radius 3 is 2.58 bits per heavy atom. The molecule has 19 heavy (non-hydrogen) atoms. The summed E-state index contributed by atoms with van der Waals surface area (Å²) in [5.41, 5.74) is 1.34. The number of nitrogens with zero attached hydrogens (tertiary/aromatic N) is 1. The highest BCUT2D eigenvalue weighted by Gasteiger charge is 2.07. The minimum absolute atomic E-state index is 0.00286. The summed E-state index contributed by atoms with van der Waals surface area (Å²) in [4.78, 5) is 11.4. The van der Waals surface area contributed by atoms with Crippen molar-refractivity contribution in [2.75, 3.05) is 13.7 Å². The molecule has 0 aliphatic rings. The predicted molar refractivity (Wildman–Crippen MR) is 70.3 cm³/mol. The lowest BCUT2D eigenvalue weighted by Crippen LogP contribution is -2.30. The lowest BCUT2D eigenvalue weighted by atomic mass is 10.1. The van der Waals surface area contributed by atoms with Crippen LogP contribution in [-0.2, 0) is 11.3 Å². The average molecular weight is 267 g/mol. The number of aliphatic hydroxyl groups is 1. The molecule has 1 amide bonds. The first kappa shape index (κ1) is 15.3. The van der Waals surface area contributed by atoms with Crippen LogP contribution >= 0.6 is 0 Å². The first-order chi connectivity index (χ1) is 9.02. The van der Waals surface area contributed by atoms with Crippen molar-refractivity contribution < 1.29 is 14.4 Å². The second-order valence-electron chi connectivity index (χ2n) is 4.21. The lowest BCUT2D eigenvalue weighted by Gasteiger charge is -2.08. The van der Waals surface area contributed by atoms with Gasteiger partial charge < -0.3 is 10.4 Å². The van der Waals surface area contributed by atoms with E-state index in [1.807, 2.05) is 0 Å². The van der Waals surface area contributed by atoms with Gasteiger partial charge in [0.15, 0.2) is 0 Å². The van der Waals surface area contributed by atoms with Gasteiger partial charge in [0.2, 0.25) is 5.91 Å². The molecule has 0 fully saturated rings. The van der Waals surface area contributed by atoms with Crippen molar-refractivity contribution in [2.24, 2.45) is 0 Å². The molecule has 0 aromatic heterocycles. The standard InChI is InChI=1S/C13H18FN3O2/c1-17(14)9-10-4-6-11(7-5-10)13(15)16-12(19)3-2-8-18/h4-7,18H,2-3,8-9H2,1H3,(H2,15,16,19). The molecule has 0 aliphatic heterocycles. The molecule has 5 nitrogen and oxygen atoms in total. The quantitative estimate of drug-likeness (QED) is 0.412. The number of nitrogens with one attached hydrogen (secondary N) is 2. The van der Waals surface area contributed by atoms with Gasteiger partial charge >= 0.3 is 0 Å². The second-order valence-corrected chi connectivity index (χ2v) is 4.21. The average Bonchev–Trinajstić information content (AvgIpc) is 2.36. The molecule has 0 radical (unpaired) electrons. The molecule has 0 saturated heterocycles. The van der Waals surface area contributed by atoms with E-state index in [1.165, 1.54) is 7.05 Å². The third kappa shape index (κ3) is 5.58. The molecule has 104 valence electrons. The normalized spacial score (nSPS) is 10.5. The van der Waals surface area contributed by atoms with E-state index in [0.717, 1.165) is 5.56 Å². The lowest BCUT2D eigenvalue weighted by molar-refractivity contribution is -0.119. The fourth-order valence-corrected chi connectivity index (χ4v) is 1.54. The maximum atomic E-state index is 12.7. The van der Waals surface area contributed by atoms with Gasteiger partial charge in [-0.15, -0.1) is 9.60 Å². The van der Waals surface area contributed by atoms with Gasteiger partial charge in [-0.25, -0.2) is 0 Å². The Hall–Kier alpha value is -1.79. The maximum absolute atomic E-state index is 12.7. The summed E-state index contributed by atoms with van der Waals surface area (Å²) in [5, 5.41) is 19.3. The molecule has 0 heterocycles. The van der Waals surface area contributed by atoms with E-state index in [0.29, 0.717) is 17.1 Å². The zero-order chi connectivity index (χ0) is 14.3. The van der Waals surface area contributed by atoms with Crippen LogP contribution in [0, 0.1) is 5.41 Å². The van der Waals surface area contributed by atoms with Gasteiger partial charge in [-0.05, 0) is 12.0 Å². The number of carbonyl (C=O) groups excluding carboxylic acids is 1. The number of aliphatic hydroxyl groups excluding tert-OH is 1. The highest BCUT2D eigenvalue weighted by atomic mass is 19.2. The third-order valence-corrected chi connectivity index (χ3v) is 2.47. The van der Waals surface area contributed by atoms with Crippen molar-refractivity contribution in [3.05, 3.63) is 35.4 Å². The molecule has 6 heteroatoms. The summed E-state index contributed by atoms with van der Waals surface area (Å²) >= 11 is 0. The van der Waals surface area contributed by atoms with Crippen molar-refractivity contribution in [3.63, 3.8) is 0 Å². The second kappa shape index (κ2) is 7.60. The minimum atomic E-state index is -0.299. The van der Waals surface area contributed by atoms with Gasteiger partial charge in [0, 0.05) is 25.6 Å². The Morgan fingerprint density at radius 2 is 2.05 bits per heavy atom. The molecule has 0 spiro atoms. The van der Waals surface area contributed by atoms with Crippen LogP contribution in [0.2, 0.25) is 0 Å². The topological polar surface area (TPSA) is 76.4 Å². The molecule has 3 N–H and O–H groups in total. The minimum Gasteiger partial charge on any atom is -0.396 e. The van der Waals surface area contributed by atoms with Crippen LogP contribution < -0.4 is 5.32 Å². The van der Waals surface area contributed by atoms with Gasteiger partial charge in [0.1, 0.15) is 5.84 Å². The summed E-state index contributed by atoms with van der Waals surface area (Å²) in [5.74, 6) is -0.297. The fraction of sp³-hybridized carbons (Fsp3) is 0.385. The van der Waals surface area contributed by atoms with E-state index >= 15 is 0 Å². The molecular weight excluding hydrogens is 249 g/mol. The maximum Gasteiger partial charge on any atom is 0.225 e. The number of rotatable bonds is 6. The van der Waals surface area contributed by atoms with E-state index in [9.17, 15) is 9.28 Å². The van der Waals surface area contributed by atoms with Crippen molar-refractivity contribution in [1.82, 2.24) is 10.4 Å². The molecule has 1 rings (SSSR count). The Kier molecular flexibility index (Phi) is 6.11. The number of carbonyl (C=O) groups is 1. The van der Waals surface area contributed by atoms with E-state index in [1.54, 1.807) is 24.3 Å². The van der Waals surface area contributed by atoms with E-state index in [4.69, 9.17) is 10.5 Å². The fourth-order valence-electron chi connectivity index (χ4n) is 1.54. The van der Waals surface area contributed by atoms with Crippen LogP contribution in [0.4, 0.5) is 4.48 Å². The van der Waals surface area contributed by atoms with Gasteiger partial charge in [-0.1, -0.05) is 24.3 Å². The van der Waals surface area contributed by atoms with Crippen LogP contribution in [-0.4, -0.2) is 35.6 Å². The molecule has 0 aliphatic carbocycles. The molecule has 0 unspecified atom stereocenters. The highest BCUT2D eigenvalue weighted by molar-refractivity contribution is 6.06. The smallest absolute Gasteiger partial charge is 0.225 e. The zero-order valence-corrected chi connectivity index (χ0v) is 10.8. The Labute approximate surface area is 111 Å². The Morgan fingerprint density at radius 1 is 1.42 bits per heavy atom. The number of hydrogen-bond donors (Lipinski definition) is 3. The molecular formula is C13H18FN3O2. The summed E-state index contributed by atoms with van der Waals surface area (Å²) in [6.45, 7) is 0.128. The highest BCUT2D eigenvalue weighted by Crippen LogP contribution is 2.07. The summed E-state index contributed by atoms with van der Waals surface area (Å²) in [6, 6.07) is 6.74. The van der Waals surface area contributed by atoms with Crippen LogP contribution in [0.5, 0.6) is 0 Å². The van der Waals surface area contributed by atoms with Crippen LogP contribution in [0.1, 0.15) is 24.0 Å². The van der Waals surface area contributed by atoms with Gasteiger partial charge in [-0.3, -0.25) is 10.2 Å². The third-order valence-electron chi connectivity index (χ3n) is 2.47. The molecule has 1 aromatic rings. The largest absolute Gasteiger partial charge is 0.396 e. The zero-order valence-electron chi connectivity index (χ0n) is 10.8.